The number of aryl methyl sites for hydroxylation is 1. The molecule has 0 spiro atoms. The maximum Gasteiger partial charge on any atom is 0.150 e. The molecule has 1 aromatic carbocycles. The molecule has 1 N–H and O–H groups in total. The van der Waals surface area contributed by atoms with E-state index in [-0.39, 0.29) is 12.0 Å². The highest BCUT2D eigenvalue weighted by molar-refractivity contribution is 7.91. The van der Waals surface area contributed by atoms with Crippen LogP contribution in [-0.2, 0) is 9.84 Å². The normalized spacial score (nSPS) is 22.6. The third kappa shape index (κ3) is 3.73. The van der Waals surface area contributed by atoms with Crippen molar-refractivity contribution in [2.24, 2.45) is 5.92 Å². The van der Waals surface area contributed by atoms with Gasteiger partial charge in [-0.2, -0.15) is 0 Å². The lowest BCUT2D eigenvalue weighted by molar-refractivity contribution is 0.397. The van der Waals surface area contributed by atoms with Gasteiger partial charge in [0.25, 0.3) is 0 Å². The molecule has 1 heterocycles. The molecular formula is C15H23NO3S. The zero-order chi connectivity index (χ0) is 14.8. The van der Waals surface area contributed by atoms with Crippen molar-refractivity contribution >= 4 is 9.84 Å². The number of nitrogens with one attached hydrogen (secondary N) is 1. The van der Waals surface area contributed by atoms with Crippen LogP contribution in [-0.4, -0.2) is 33.6 Å². The fourth-order valence-electron chi connectivity index (χ4n) is 2.66. The monoisotopic (exact) mass is 297 g/mol. The van der Waals surface area contributed by atoms with Gasteiger partial charge in [-0.05, 0) is 44.4 Å². The minimum absolute atomic E-state index is 0.147. The maximum atomic E-state index is 11.4. The molecule has 2 atom stereocenters. The summed E-state index contributed by atoms with van der Waals surface area (Å²) in [6.45, 7) is 4.85. The Kier molecular flexibility index (Phi) is 4.70. The number of ether oxygens (including phenoxy) is 1. The molecule has 1 fully saturated rings. The van der Waals surface area contributed by atoms with Gasteiger partial charge < -0.3 is 10.1 Å². The van der Waals surface area contributed by atoms with E-state index in [0.29, 0.717) is 11.5 Å². The van der Waals surface area contributed by atoms with Crippen LogP contribution in [0.4, 0.5) is 0 Å². The first-order valence-corrected chi connectivity index (χ1v) is 8.82. The lowest BCUT2D eigenvalue weighted by Gasteiger charge is -2.19. The van der Waals surface area contributed by atoms with E-state index in [9.17, 15) is 8.42 Å². The van der Waals surface area contributed by atoms with Gasteiger partial charge >= 0.3 is 0 Å². The standard InChI is InChI=1S/C15H23NO3S/c1-11-4-5-14(15(8-11)19-3)12(2)16-9-13-6-7-20(17,18)10-13/h4-5,8,12-13,16H,6-7,9-10H2,1-3H3. The fraction of sp³-hybridized carbons (Fsp3) is 0.600. The highest BCUT2D eigenvalue weighted by Crippen LogP contribution is 2.26. The van der Waals surface area contributed by atoms with Crippen molar-refractivity contribution in [1.29, 1.82) is 0 Å². The molecule has 112 valence electrons. The predicted molar refractivity (Wildman–Crippen MR) is 80.9 cm³/mol. The minimum Gasteiger partial charge on any atom is -0.496 e. The van der Waals surface area contributed by atoms with Crippen LogP contribution in [0.25, 0.3) is 0 Å². The molecule has 5 heteroatoms. The highest BCUT2D eigenvalue weighted by Gasteiger charge is 2.28. The Bertz CT molecular complexity index is 568. The summed E-state index contributed by atoms with van der Waals surface area (Å²) in [6.07, 6.45) is 0.771. The number of sulfone groups is 1. The Balaban J connectivity index is 1.97. The quantitative estimate of drug-likeness (QED) is 0.904. The zero-order valence-electron chi connectivity index (χ0n) is 12.3. The SMILES string of the molecule is COc1cc(C)ccc1C(C)NCC1CCS(=O)(=O)C1. The Morgan fingerprint density at radius 2 is 2.20 bits per heavy atom. The van der Waals surface area contributed by atoms with Crippen LogP contribution in [0.1, 0.15) is 30.5 Å². The average molecular weight is 297 g/mol. The first kappa shape index (κ1) is 15.3. The van der Waals surface area contributed by atoms with Gasteiger partial charge in [0.1, 0.15) is 5.75 Å². The molecule has 1 aliphatic rings. The highest BCUT2D eigenvalue weighted by atomic mass is 32.2. The smallest absolute Gasteiger partial charge is 0.150 e. The summed E-state index contributed by atoms with van der Waals surface area (Å²) in [5, 5.41) is 3.43. The number of hydrogen-bond donors (Lipinski definition) is 1. The summed E-state index contributed by atoms with van der Waals surface area (Å²) < 4.78 is 28.3. The lowest BCUT2D eigenvalue weighted by atomic mass is 10.0. The van der Waals surface area contributed by atoms with Crippen LogP contribution in [0.5, 0.6) is 5.75 Å². The second-order valence-corrected chi connectivity index (χ2v) is 7.87. The van der Waals surface area contributed by atoms with Crippen LogP contribution in [0, 0.1) is 12.8 Å². The van der Waals surface area contributed by atoms with E-state index >= 15 is 0 Å². The van der Waals surface area contributed by atoms with Crippen LogP contribution in [0.15, 0.2) is 18.2 Å². The molecule has 1 aromatic rings. The van der Waals surface area contributed by atoms with Gasteiger partial charge in [-0.25, -0.2) is 8.42 Å². The van der Waals surface area contributed by atoms with E-state index in [2.05, 4.69) is 24.4 Å². The number of rotatable bonds is 5. The summed E-state index contributed by atoms with van der Waals surface area (Å²) in [5.74, 6) is 1.77. The molecule has 20 heavy (non-hydrogen) atoms. The largest absolute Gasteiger partial charge is 0.496 e. The summed E-state index contributed by atoms with van der Waals surface area (Å²) in [7, 11) is -1.12. The molecule has 0 radical (unpaired) electrons. The topological polar surface area (TPSA) is 55.4 Å². The summed E-state index contributed by atoms with van der Waals surface area (Å²) in [6, 6.07) is 6.30. The van der Waals surface area contributed by atoms with E-state index in [4.69, 9.17) is 4.74 Å². The van der Waals surface area contributed by atoms with Crippen molar-refractivity contribution in [2.45, 2.75) is 26.3 Å². The first-order valence-electron chi connectivity index (χ1n) is 6.99. The van der Waals surface area contributed by atoms with E-state index in [1.807, 2.05) is 13.0 Å². The third-order valence-corrected chi connectivity index (χ3v) is 5.73. The third-order valence-electron chi connectivity index (χ3n) is 3.89. The van der Waals surface area contributed by atoms with E-state index in [1.54, 1.807) is 7.11 Å². The van der Waals surface area contributed by atoms with E-state index < -0.39 is 9.84 Å². The van der Waals surface area contributed by atoms with Crippen LogP contribution >= 0.6 is 0 Å². The van der Waals surface area contributed by atoms with Crippen molar-refractivity contribution in [2.75, 3.05) is 25.2 Å². The number of methoxy groups -OCH3 is 1. The van der Waals surface area contributed by atoms with Gasteiger partial charge in [-0.1, -0.05) is 12.1 Å². The van der Waals surface area contributed by atoms with E-state index in [1.165, 1.54) is 5.56 Å². The van der Waals surface area contributed by atoms with E-state index in [0.717, 1.165) is 24.3 Å². The predicted octanol–water partition coefficient (Wildman–Crippen LogP) is 2.09. The van der Waals surface area contributed by atoms with Crippen molar-refractivity contribution < 1.29 is 13.2 Å². The minimum atomic E-state index is -2.79. The molecule has 0 bridgehead atoms. The number of hydrogen-bond acceptors (Lipinski definition) is 4. The molecule has 0 aromatic heterocycles. The van der Waals surface area contributed by atoms with Crippen molar-refractivity contribution in [1.82, 2.24) is 5.32 Å². The Hall–Kier alpha value is -1.07. The van der Waals surface area contributed by atoms with Gasteiger partial charge in [-0.15, -0.1) is 0 Å². The fourth-order valence-corrected chi connectivity index (χ4v) is 4.52. The molecule has 2 unspecified atom stereocenters. The first-order chi connectivity index (χ1) is 9.41. The van der Waals surface area contributed by atoms with Crippen molar-refractivity contribution in [3.63, 3.8) is 0 Å². The molecule has 1 saturated heterocycles. The molecule has 0 amide bonds. The van der Waals surface area contributed by atoms with Crippen molar-refractivity contribution in [3.8, 4) is 5.75 Å². The second-order valence-electron chi connectivity index (χ2n) is 5.64. The molecule has 2 rings (SSSR count). The molecule has 4 nitrogen and oxygen atoms in total. The average Bonchev–Trinajstić information content (AvgIpc) is 2.75. The molecule has 0 aliphatic carbocycles. The van der Waals surface area contributed by atoms with Gasteiger partial charge in [0.15, 0.2) is 9.84 Å². The summed E-state index contributed by atoms with van der Waals surface area (Å²) >= 11 is 0. The zero-order valence-corrected chi connectivity index (χ0v) is 13.2. The number of benzene rings is 1. The lowest BCUT2D eigenvalue weighted by Crippen LogP contribution is -2.26. The van der Waals surface area contributed by atoms with Crippen LogP contribution in [0.2, 0.25) is 0 Å². The maximum absolute atomic E-state index is 11.4. The molecule has 0 saturated carbocycles. The van der Waals surface area contributed by atoms with Gasteiger partial charge in [0.05, 0.1) is 18.6 Å². The van der Waals surface area contributed by atoms with Crippen LogP contribution in [0.3, 0.4) is 0 Å². The van der Waals surface area contributed by atoms with Gasteiger partial charge in [0, 0.05) is 11.6 Å². The van der Waals surface area contributed by atoms with Gasteiger partial charge in [0.2, 0.25) is 0 Å². The Morgan fingerprint density at radius 1 is 1.45 bits per heavy atom. The molecular weight excluding hydrogens is 274 g/mol. The Labute approximate surface area is 121 Å². The molecule has 1 aliphatic heterocycles. The summed E-state index contributed by atoms with van der Waals surface area (Å²) in [5.41, 5.74) is 2.28. The second kappa shape index (κ2) is 6.14. The van der Waals surface area contributed by atoms with Crippen molar-refractivity contribution in [3.05, 3.63) is 29.3 Å². The summed E-state index contributed by atoms with van der Waals surface area (Å²) in [4.78, 5) is 0. The van der Waals surface area contributed by atoms with Crippen LogP contribution < -0.4 is 10.1 Å². The Morgan fingerprint density at radius 3 is 2.80 bits per heavy atom. The van der Waals surface area contributed by atoms with Gasteiger partial charge in [-0.3, -0.25) is 0 Å².